The van der Waals surface area contributed by atoms with E-state index in [1.54, 1.807) is 0 Å². The predicted molar refractivity (Wildman–Crippen MR) is 192 cm³/mol. The summed E-state index contributed by atoms with van der Waals surface area (Å²) in [6.07, 6.45) is 3.81. The van der Waals surface area contributed by atoms with E-state index in [-0.39, 0.29) is 26.5 Å². The zero-order chi connectivity index (χ0) is 32.9. The minimum atomic E-state index is 0. The average molecular weight is 812 g/mol. The minimum absolute atomic E-state index is 0. The fraction of sp³-hybridized carbons (Fsp3) is 0.238. The molecule has 0 saturated heterocycles. The van der Waals surface area contributed by atoms with Gasteiger partial charge in [-0.3, -0.25) is 4.68 Å². The first-order valence-electron chi connectivity index (χ1n) is 16.4. The molecule has 0 amide bonds. The molecule has 6 heteroatoms. The summed E-state index contributed by atoms with van der Waals surface area (Å²) in [7, 11) is 0. The molecule has 3 heterocycles. The fourth-order valence-corrected chi connectivity index (χ4v) is 6.54. The van der Waals surface area contributed by atoms with E-state index in [2.05, 4.69) is 132 Å². The Hall–Kier alpha value is -4.47. The molecular formula is C42H40N4OPt. The SMILES string of the molecule is CCCc1cc(Oc2[c-]c3c(cc2)c2cc(C(C)(C)C)ccc2n3-c2cc(C)ccn2)[c-]c(-n2nc(C)c(-c3ccccc3)c2C)c1.[Pt+2]. The van der Waals surface area contributed by atoms with Gasteiger partial charge in [0.2, 0.25) is 0 Å². The van der Waals surface area contributed by atoms with Crippen molar-refractivity contribution in [2.75, 3.05) is 0 Å². The normalized spacial score (nSPS) is 11.6. The first-order chi connectivity index (χ1) is 22.6. The van der Waals surface area contributed by atoms with Gasteiger partial charge in [-0.2, -0.15) is 16.7 Å². The molecule has 0 radical (unpaired) electrons. The molecule has 0 aliphatic carbocycles. The first kappa shape index (κ1) is 33.4. The summed E-state index contributed by atoms with van der Waals surface area (Å²) in [4.78, 5) is 4.77. The van der Waals surface area contributed by atoms with Gasteiger partial charge in [0.15, 0.2) is 0 Å². The molecule has 48 heavy (non-hydrogen) atoms. The van der Waals surface area contributed by atoms with Gasteiger partial charge in [-0.05, 0) is 72.1 Å². The molecule has 0 saturated carbocycles. The Kier molecular flexibility index (Phi) is 9.20. The van der Waals surface area contributed by atoms with E-state index >= 15 is 0 Å². The number of hydrogen-bond donors (Lipinski definition) is 0. The topological polar surface area (TPSA) is 44.9 Å². The van der Waals surface area contributed by atoms with Crippen molar-refractivity contribution in [3.8, 4) is 34.1 Å². The van der Waals surface area contributed by atoms with Crippen LogP contribution in [0.4, 0.5) is 0 Å². The molecule has 0 aliphatic heterocycles. The maximum Gasteiger partial charge on any atom is 2.00 e. The Morgan fingerprint density at radius 3 is 2.33 bits per heavy atom. The number of pyridine rings is 1. The Labute approximate surface area is 297 Å². The summed E-state index contributed by atoms with van der Waals surface area (Å²) in [5.74, 6) is 2.13. The Morgan fingerprint density at radius 1 is 0.812 bits per heavy atom. The molecule has 5 nitrogen and oxygen atoms in total. The predicted octanol–water partition coefficient (Wildman–Crippen LogP) is 10.6. The van der Waals surface area contributed by atoms with Gasteiger partial charge in [0.05, 0.1) is 5.69 Å². The van der Waals surface area contributed by atoms with Gasteiger partial charge >= 0.3 is 21.1 Å². The van der Waals surface area contributed by atoms with Gasteiger partial charge < -0.3 is 9.30 Å². The first-order valence-corrected chi connectivity index (χ1v) is 16.4. The van der Waals surface area contributed by atoms with Crippen LogP contribution < -0.4 is 4.74 Å². The maximum absolute atomic E-state index is 6.60. The molecule has 3 aromatic heterocycles. The second-order valence-corrected chi connectivity index (χ2v) is 13.5. The molecule has 4 aromatic carbocycles. The van der Waals surface area contributed by atoms with Crippen molar-refractivity contribution < 1.29 is 25.8 Å². The molecule has 0 fully saturated rings. The molecule has 0 spiro atoms. The summed E-state index contributed by atoms with van der Waals surface area (Å²) >= 11 is 0. The molecule has 244 valence electrons. The number of benzene rings is 4. The van der Waals surface area contributed by atoms with E-state index in [0.717, 1.165) is 68.8 Å². The van der Waals surface area contributed by atoms with Crippen LogP contribution in [0.3, 0.4) is 0 Å². The fourth-order valence-electron chi connectivity index (χ4n) is 6.54. The number of fused-ring (bicyclic) bond motifs is 3. The van der Waals surface area contributed by atoms with Crippen LogP contribution in [0.25, 0.3) is 44.4 Å². The summed E-state index contributed by atoms with van der Waals surface area (Å²) < 4.78 is 10.8. The van der Waals surface area contributed by atoms with Crippen molar-refractivity contribution in [2.24, 2.45) is 0 Å². The van der Waals surface area contributed by atoms with Crippen LogP contribution in [0.15, 0.2) is 91.1 Å². The van der Waals surface area contributed by atoms with Crippen molar-refractivity contribution in [3.63, 3.8) is 0 Å². The Bertz CT molecular complexity index is 2260. The van der Waals surface area contributed by atoms with Gasteiger partial charge in [0, 0.05) is 34.5 Å². The largest absolute Gasteiger partial charge is 2.00 e. The number of aryl methyl sites for hydroxylation is 3. The third-order valence-corrected chi connectivity index (χ3v) is 8.88. The monoisotopic (exact) mass is 811 g/mol. The number of aromatic nitrogens is 4. The summed E-state index contributed by atoms with van der Waals surface area (Å²) in [5, 5.41) is 7.25. The Morgan fingerprint density at radius 2 is 1.60 bits per heavy atom. The maximum atomic E-state index is 6.60. The van der Waals surface area contributed by atoms with Gasteiger partial charge in [-0.1, -0.05) is 88.5 Å². The van der Waals surface area contributed by atoms with Crippen LogP contribution in [0.5, 0.6) is 11.5 Å². The van der Waals surface area contributed by atoms with E-state index in [0.29, 0.717) is 11.5 Å². The summed E-state index contributed by atoms with van der Waals surface area (Å²) in [5.41, 5.74) is 10.9. The molecule has 0 bridgehead atoms. The minimum Gasteiger partial charge on any atom is -0.509 e. The third-order valence-electron chi connectivity index (χ3n) is 8.88. The van der Waals surface area contributed by atoms with Crippen molar-refractivity contribution in [1.29, 1.82) is 0 Å². The quantitative estimate of drug-likeness (QED) is 0.151. The molecule has 0 atom stereocenters. The second kappa shape index (κ2) is 13.2. The molecule has 0 unspecified atom stereocenters. The van der Waals surface area contributed by atoms with Crippen LogP contribution in [0.1, 0.15) is 62.2 Å². The zero-order valence-electron chi connectivity index (χ0n) is 28.6. The molecule has 0 aliphatic rings. The summed E-state index contributed by atoms with van der Waals surface area (Å²) in [6, 6.07) is 36.9. The molecule has 7 rings (SSSR count). The smallest absolute Gasteiger partial charge is 0.509 e. The third kappa shape index (κ3) is 6.24. The van der Waals surface area contributed by atoms with E-state index in [1.807, 2.05) is 29.1 Å². The van der Waals surface area contributed by atoms with E-state index < -0.39 is 0 Å². The Balaban J connectivity index is 0.00000401. The van der Waals surface area contributed by atoms with Crippen LogP contribution in [0, 0.1) is 32.9 Å². The molecular weight excluding hydrogens is 772 g/mol. The van der Waals surface area contributed by atoms with Crippen molar-refractivity contribution >= 4 is 21.8 Å². The number of rotatable bonds is 7. The number of ether oxygens (including phenoxy) is 1. The van der Waals surface area contributed by atoms with Gasteiger partial charge in [0.25, 0.3) is 0 Å². The zero-order valence-corrected chi connectivity index (χ0v) is 30.9. The van der Waals surface area contributed by atoms with E-state index in [9.17, 15) is 0 Å². The van der Waals surface area contributed by atoms with E-state index in [4.69, 9.17) is 14.8 Å². The standard InChI is InChI=1S/C42H40N4O.Pt/c1-8-12-30-22-33(46-29(4)41(28(3)44-46)31-13-10-9-11-14-31)25-35(23-30)47-34-16-17-36-37-24-32(42(5,6)7)15-18-38(37)45(39(36)26-34)40-21-27(2)19-20-43-40;/h9-11,13-24H,8,12H2,1-7H3;/q-2;+2. The molecule has 0 N–H and O–H groups in total. The van der Waals surface area contributed by atoms with Gasteiger partial charge in [0.1, 0.15) is 5.82 Å². The van der Waals surface area contributed by atoms with Crippen molar-refractivity contribution in [2.45, 2.75) is 66.7 Å². The number of nitrogens with zero attached hydrogens (tertiary/aromatic N) is 4. The van der Waals surface area contributed by atoms with Crippen LogP contribution in [0.2, 0.25) is 0 Å². The van der Waals surface area contributed by atoms with Gasteiger partial charge in [-0.25, -0.2) is 4.98 Å². The summed E-state index contributed by atoms with van der Waals surface area (Å²) in [6.45, 7) is 15.2. The van der Waals surface area contributed by atoms with Crippen molar-refractivity contribution in [3.05, 3.63) is 131 Å². The number of hydrogen-bond acceptors (Lipinski definition) is 3. The molecule has 7 aromatic rings. The van der Waals surface area contributed by atoms with Crippen molar-refractivity contribution in [1.82, 2.24) is 19.3 Å². The average Bonchev–Trinajstić information content (AvgIpc) is 3.53. The van der Waals surface area contributed by atoms with Crippen LogP contribution >= 0.6 is 0 Å². The van der Waals surface area contributed by atoms with Crippen LogP contribution in [-0.2, 0) is 32.9 Å². The second-order valence-electron chi connectivity index (χ2n) is 13.5. The van der Waals surface area contributed by atoms with E-state index in [1.165, 1.54) is 16.5 Å². The van der Waals surface area contributed by atoms with Gasteiger partial charge in [-0.15, -0.1) is 35.7 Å². The van der Waals surface area contributed by atoms with Crippen LogP contribution in [-0.4, -0.2) is 19.3 Å².